The second kappa shape index (κ2) is 6.83. The Labute approximate surface area is 157 Å². The number of nitrogens with zero attached hydrogens (tertiary/aromatic N) is 4. The molecule has 0 bridgehead atoms. The molecule has 1 unspecified atom stereocenters. The van der Waals surface area contributed by atoms with E-state index in [2.05, 4.69) is 15.5 Å². The monoisotopic (exact) mass is 363 g/mol. The van der Waals surface area contributed by atoms with Gasteiger partial charge in [-0.1, -0.05) is 12.1 Å². The number of pyridine rings is 1. The van der Waals surface area contributed by atoms with E-state index in [0.717, 1.165) is 16.9 Å². The predicted octanol–water partition coefficient (Wildman–Crippen LogP) is 2.02. The zero-order chi connectivity index (χ0) is 19.0. The number of hydrogen-bond donors (Lipinski definition) is 1. The molecule has 4 rings (SSSR count). The highest BCUT2D eigenvalue weighted by molar-refractivity contribution is 6.09. The first-order chi connectivity index (χ1) is 13.0. The van der Waals surface area contributed by atoms with Crippen molar-refractivity contribution in [3.63, 3.8) is 0 Å². The van der Waals surface area contributed by atoms with Gasteiger partial charge < -0.3 is 10.2 Å². The van der Waals surface area contributed by atoms with Crippen LogP contribution in [0.15, 0.2) is 42.6 Å². The van der Waals surface area contributed by atoms with Crippen molar-refractivity contribution >= 4 is 23.1 Å². The number of carbonyl (C=O) groups is 2. The Balaban J connectivity index is 1.43. The summed E-state index contributed by atoms with van der Waals surface area (Å²) in [7, 11) is 0. The van der Waals surface area contributed by atoms with Crippen LogP contribution in [0.3, 0.4) is 0 Å². The predicted molar refractivity (Wildman–Crippen MR) is 101 cm³/mol. The van der Waals surface area contributed by atoms with Crippen molar-refractivity contribution in [3.05, 3.63) is 59.5 Å². The van der Waals surface area contributed by atoms with Crippen LogP contribution in [0.1, 0.15) is 23.4 Å². The van der Waals surface area contributed by atoms with Crippen molar-refractivity contribution in [2.24, 2.45) is 5.92 Å². The first-order valence-corrected chi connectivity index (χ1v) is 8.99. The van der Waals surface area contributed by atoms with E-state index in [-0.39, 0.29) is 18.4 Å². The lowest BCUT2D eigenvalue weighted by Crippen LogP contribution is -2.36. The molecular weight excluding hydrogens is 342 g/mol. The van der Waals surface area contributed by atoms with Crippen molar-refractivity contribution in [2.45, 2.75) is 26.8 Å². The lowest BCUT2D eigenvalue weighted by atomic mass is 10.1. The van der Waals surface area contributed by atoms with Crippen LogP contribution in [0, 0.1) is 19.8 Å². The van der Waals surface area contributed by atoms with E-state index in [1.807, 2.05) is 60.8 Å². The smallest absolute Gasteiger partial charge is 0.239 e. The van der Waals surface area contributed by atoms with E-state index in [9.17, 15) is 9.59 Å². The lowest BCUT2D eigenvalue weighted by Gasteiger charge is -2.18. The Morgan fingerprint density at radius 3 is 2.85 bits per heavy atom. The van der Waals surface area contributed by atoms with E-state index >= 15 is 0 Å². The van der Waals surface area contributed by atoms with Gasteiger partial charge in [-0.05, 0) is 55.7 Å². The van der Waals surface area contributed by atoms with Crippen molar-refractivity contribution in [2.75, 3.05) is 11.4 Å². The van der Waals surface area contributed by atoms with Crippen molar-refractivity contribution in [3.8, 4) is 0 Å². The summed E-state index contributed by atoms with van der Waals surface area (Å²) in [6.45, 7) is 4.84. The molecule has 3 aromatic rings. The fraction of sp³-hybridized carbons (Fsp3) is 0.300. The van der Waals surface area contributed by atoms with Gasteiger partial charge in [0.2, 0.25) is 11.8 Å². The molecule has 7 nitrogen and oxygen atoms in total. The Kier molecular flexibility index (Phi) is 4.35. The lowest BCUT2D eigenvalue weighted by molar-refractivity contribution is -0.132. The van der Waals surface area contributed by atoms with Gasteiger partial charge in [0, 0.05) is 18.4 Å². The molecule has 138 valence electrons. The van der Waals surface area contributed by atoms with Gasteiger partial charge >= 0.3 is 0 Å². The highest BCUT2D eigenvalue weighted by Crippen LogP contribution is 2.27. The van der Waals surface area contributed by atoms with Crippen LogP contribution in [-0.4, -0.2) is 33.0 Å². The zero-order valence-electron chi connectivity index (χ0n) is 15.3. The minimum atomic E-state index is -0.661. The number of rotatable bonds is 4. The average molecular weight is 363 g/mol. The number of amides is 2. The van der Waals surface area contributed by atoms with Crippen LogP contribution in [0.25, 0.3) is 5.65 Å². The Hall–Kier alpha value is -3.22. The third kappa shape index (κ3) is 3.16. The molecule has 1 atom stereocenters. The number of hydrogen-bond acceptors (Lipinski definition) is 4. The maximum atomic E-state index is 12.7. The number of nitrogens with one attached hydrogen (secondary N) is 1. The molecule has 1 aliphatic rings. The number of aryl methyl sites for hydroxylation is 2. The van der Waals surface area contributed by atoms with Crippen LogP contribution in [0.2, 0.25) is 0 Å². The van der Waals surface area contributed by atoms with Gasteiger partial charge in [-0.3, -0.25) is 14.0 Å². The summed E-state index contributed by atoms with van der Waals surface area (Å²) in [6.07, 6.45) is 2.36. The standard InChI is InChI=1S/C20H21N5O2/c1-13-6-7-15(11-14(13)2)24-10-8-16(20(24)27)19(26)21-12-18-23-22-17-5-3-4-9-25(17)18/h3-7,9,11,16H,8,10,12H2,1-2H3,(H,21,26). The fourth-order valence-corrected chi connectivity index (χ4v) is 3.37. The molecule has 2 aromatic heterocycles. The molecule has 1 aliphatic heterocycles. The molecule has 0 saturated carbocycles. The SMILES string of the molecule is Cc1ccc(N2CCC(C(=O)NCc3nnc4ccccn34)C2=O)cc1C. The highest BCUT2D eigenvalue weighted by atomic mass is 16.2. The summed E-state index contributed by atoms with van der Waals surface area (Å²) in [5, 5.41) is 11.0. The summed E-state index contributed by atoms with van der Waals surface area (Å²) >= 11 is 0. The van der Waals surface area contributed by atoms with E-state index < -0.39 is 5.92 Å². The molecule has 2 amide bonds. The van der Waals surface area contributed by atoms with Gasteiger partial charge in [0.25, 0.3) is 0 Å². The molecule has 7 heteroatoms. The first kappa shape index (κ1) is 17.2. The first-order valence-electron chi connectivity index (χ1n) is 8.99. The normalized spacial score (nSPS) is 16.9. The second-order valence-corrected chi connectivity index (χ2v) is 6.86. The minimum Gasteiger partial charge on any atom is -0.348 e. The summed E-state index contributed by atoms with van der Waals surface area (Å²) in [5.41, 5.74) is 3.88. The number of carbonyl (C=O) groups excluding carboxylic acids is 2. The van der Waals surface area contributed by atoms with Gasteiger partial charge in [0.15, 0.2) is 11.5 Å². The Bertz CT molecular complexity index is 1030. The fourth-order valence-electron chi connectivity index (χ4n) is 3.37. The van der Waals surface area contributed by atoms with E-state index in [1.54, 1.807) is 4.90 Å². The summed E-state index contributed by atoms with van der Waals surface area (Å²) < 4.78 is 1.82. The topological polar surface area (TPSA) is 79.6 Å². The molecule has 1 aromatic carbocycles. The third-order valence-electron chi connectivity index (χ3n) is 5.13. The molecule has 0 radical (unpaired) electrons. The Morgan fingerprint density at radius 1 is 1.19 bits per heavy atom. The third-order valence-corrected chi connectivity index (χ3v) is 5.13. The van der Waals surface area contributed by atoms with Crippen molar-refractivity contribution in [1.29, 1.82) is 0 Å². The van der Waals surface area contributed by atoms with Crippen LogP contribution < -0.4 is 10.2 Å². The zero-order valence-corrected chi connectivity index (χ0v) is 15.3. The minimum absolute atomic E-state index is 0.151. The maximum absolute atomic E-state index is 12.7. The molecule has 0 aliphatic carbocycles. The van der Waals surface area contributed by atoms with Crippen LogP contribution in [-0.2, 0) is 16.1 Å². The number of aromatic nitrogens is 3. The number of anilines is 1. The van der Waals surface area contributed by atoms with E-state index in [4.69, 9.17) is 0 Å². The molecule has 1 N–H and O–H groups in total. The summed E-state index contributed by atoms with van der Waals surface area (Å²) in [5.74, 6) is -0.443. The maximum Gasteiger partial charge on any atom is 0.239 e. The second-order valence-electron chi connectivity index (χ2n) is 6.86. The molecule has 3 heterocycles. The summed E-state index contributed by atoms with van der Waals surface area (Å²) in [6, 6.07) is 11.5. The largest absolute Gasteiger partial charge is 0.348 e. The Morgan fingerprint density at radius 2 is 2.04 bits per heavy atom. The van der Waals surface area contributed by atoms with E-state index in [0.29, 0.717) is 18.8 Å². The molecule has 1 saturated heterocycles. The molecule has 27 heavy (non-hydrogen) atoms. The highest BCUT2D eigenvalue weighted by Gasteiger charge is 2.37. The van der Waals surface area contributed by atoms with Gasteiger partial charge in [-0.25, -0.2) is 0 Å². The molecule has 0 spiro atoms. The summed E-state index contributed by atoms with van der Waals surface area (Å²) in [4.78, 5) is 27.0. The number of benzene rings is 1. The average Bonchev–Trinajstić information content (AvgIpc) is 3.26. The van der Waals surface area contributed by atoms with Crippen LogP contribution >= 0.6 is 0 Å². The van der Waals surface area contributed by atoms with Gasteiger partial charge in [-0.2, -0.15) is 0 Å². The van der Waals surface area contributed by atoms with Gasteiger partial charge in [0.05, 0.1) is 6.54 Å². The van der Waals surface area contributed by atoms with E-state index in [1.165, 1.54) is 5.56 Å². The number of fused-ring (bicyclic) bond motifs is 1. The quantitative estimate of drug-likeness (QED) is 0.719. The van der Waals surface area contributed by atoms with Gasteiger partial charge in [-0.15, -0.1) is 10.2 Å². The van der Waals surface area contributed by atoms with Crippen molar-refractivity contribution in [1.82, 2.24) is 19.9 Å². The van der Waals surface area contributed by atoms with Crippen LogP contribution in [0.5, 0.6) is 0 Å². The molecular formula is C20H21N5O2. The van der Waals surface area contributed by atoms with Crippen molar-refractivity contribution < 1.29 is 9.59 Å². The molecule has 1 fully saturated rings. The van der Waals surface area contributed by atoms with Crippen LogP contribution in [0.4, 0.5) is 5.69 Å². The van der Waals surface area contributed by atoms with Gasteiger partial charge in [0.1, 0.15) is 5.92 Å².